The molecule has 2 unspecified atom stereocenters. The van der Waals surface area contributed by atoms with Gasteiger partial charge in [-0.05, 0) is 64.0 Å². The van der Waals surface area contributed by atoms with Crippen LogP contribution in [0.15, 0.2) is 24.3 Å². The molecule has 1 fully saturated rings. The van der Waals surface area contributed by atoms with Crippen LogP contribution in [0.1, 0.15) is 44.7 Å². The third kappa shape index (κ3) is 4.49. The lowest BCUT2D eigenvalue weighted by molar-refractivity contribution is -0.146. The number of carboxylic acid groups (broad SMARTS) is 1. The van der Waals surface area contributed by atoms with Gasteiger partial charge in [0, 0.05) is 6.54 Å². The number of hydrogen-bond donors (Lipinski definition) is 1. The van der Waals surface area contributed by atoms with Gasteiger partial charge in [0.25, 0.3) is 0 Å². The zero-order valence-electron chi connectivity index (χ0n) is 14.9. The second-order valence-electron chi connectivity index (χ2n) is 7.49. The Labute approximate surface area is 143 Å². The summed E-state index contributed by atoms with van der Waals surface area (Å²) in [5.41, 5.74) is 1.65. The minimum Gasteiger partial charge on any atom is -0.480 e. The van der Waals surface area contributed by atoms with E-state index >= 15 is 0 Å². The molecule has 0 radical (unpaired) electrons. The van der Waals surface area contributed by atoms with Crippen LogP contribution in [0.25, 0.3) is 0 Å². The molecular weight excluding hydrogens is 306 g/mol. The molecule has 5 nitrogen and oxygen atoms in total. The van der Waals surface area contributed by atoms with Crippen molar-refractivity contribution >= 4 is 12.1 Å². The number of hydrogen-bond acceptors (Lipinski definition) is 3. The van der Waals surface area contributed by atoms with E-state index < -0.39 is 23.7 Å². The van der Waals surface area contributed by atoms with Crippen molar-refractivity contribution in [2.45, 2.75) is 58.6 Å². The molecule has 0 aliphatic carbocycles. The Balaban J connectivity index is 2.21. The van der Waals surface area contributed by atoms with Crippen molar-refractivity contribution in [3.05, 3.63) is 35.4 Å². The number of aliphatic carboxylic acids is 1. The predicted octanol–water partition coefficient (Wildman–Crippen LogP) is 3.64. The van der Waals surface area contributed by atoms with Gasteiger partial charge in [0.15, 0.2) is 0 Å². The van der Waals surface area contributed by atoms with Crippen molar-refractivity contribution in [1.29, 1.82) is 0 Å². The first-order valence-corrected chi connectivity index (χ1v) is 8.46. The molecule has 0 aromatic heterocycles. The van der Waals surface area contributed by atoms with Crippen molar-refractivity contribution in [3.63, 3.8) is 0 Å². The highest BCUT2D eigenvalue weighted by atomic mass is 16.6. The SMILES string of the molecule is Cc1ccccc1CC1CCCN(C(=O)OC(C)(C)C)C1C(=O)O. The Morgan fingerprint density at radius 3 is 2.54 bits per heavy atom. The smallest absolute Gasteiger partial charge is 0.411 e. The molecule has 1 saturated heterocycles. The summed E-state index contributed by atoms with van der Waals surface area (Å²) in [4.78, 5) is 25.7. The quantitative estimate of drug-likeness (QED) is 0.917. The van der Waals surface area contributed by atoms with E-state index in [0.29, 0.717) is 13.0 Å². The number of carbonyl (C=O) groups excluding carboxylic acids is 1. The van der Waals surface area contributed by atoms with E-state index in [0.717, 1.165) is 24.0 Å². The first-order valence-electron chi connectivity index (χ1n) is 8.46. The summed E-state index contributed by atoms with van der Waals surface area (Å²) in [7, 11) is 0. The molecule has 24 heavy (non-hydrogen) atoms. The van der Waals surface area contributed by atoms with Crippen LogP contribution in [-0.4, -0.2) is 40.3 Å². The number of nitrogens with zero attached hydrogens (tertiary/aromatic N) is 1. The third-order valence-electron chi connectivity index (χ3n) is 4.38. The summed E-state index contributed by atoms with van der Waals surface area (Å²) in [6.45, 7) is 7.82. The molecule has 1 aromatic rings. The van der Waals surface area contributed by atoms with Crippen molar-refractivity contribution in [1.82, 2.24) is 4.90 Å². The van der Waals surface area contributed by atoms with Gasteiger partial charge < -0.3 is 9.84 Å². The van der Waals surface area contributed by atoms with Crippen LogP contribution in [0.2, 0.25) is 0 Å². The summed E-state index contributed by atoms with van der Waals surface area (Å²) in [5, 5.41) is 9.72. The minimum atomic E-state index is -0.959. The minimum absolute atomic E-state index is 0.107. The fourth-order valence-electron chi connectivity index (χ4n) is 3.27. The summed E-state index contributed by atoms with van der Waals surface area (Å²) in [6, 6.07) is 7.15. The van der Waals surface area contributed by atoms with Crippen molar-refractivity contribution < 1.29 is 19.4 Å². The van der Waals surface area contributed by atoms with E-state index in [1.807, 2.05) is 31.2 Å². The number of amides is 1. The van der Waals surface area contributed by atoms with Gasteiger partial charge in [-0.2, -0.15) is 0 Å². The standard InChI is InChI=1S/C19H27NO4/c1-13-8-5-6-9-14(13)12-15-10-7-11-20(16(15)17(21)22)18(23)24-19(2,3)4/h5-6,8-9,15-16H,7,10-12H2,1-4H3,(H,21,22). The monoisotopic (exact) mass is 333 g/mol. The highest BCUT2D eigenvalue weighted by Gasteiger charge is 2.41. The van der Waals surface area contributed by atoms with Crippen LogP contribution in [-0.2, 0) is 16.0 Å². The van der Waals surface area contributed by atoms with Gasteiger partial charge in [0.1, 0.15) is 11.6 Å². The average molecular weight is 333 g/mol. The number of carbonyl (C=O) groups is 2. The van der Waals surface area contributed by atoms with E-state index in [2.05, 4.69) is 0 Å². The van der Waals surface area contributed by atoms with E-state index in [1.54, 1.807) is 20.8 Å². The number of ether oxygens (including phenoxy) is 1. The fourth-order valence-corrected chi connectivity index (χ4v) is 3.27. The first-order chi connectivity index (χ1) is 11.2. The van der Waals surface area contributed by atoms with Crippen molar-refractivity contribution in [2.24, 2.45) is 5.92 Å². The molecule has 1 aliphatic rings. The van der Waals surface area contributed by atoms with Gasteiger partial charge in [-0.25, -0.2) is 9.59 Å². The topological polar surface area (TPSA) is 66.8 Å². The Hall–Kier alpha value is -2.04. The summed E-state index contributed by atoms with van der Waals surface area (Å²) in [6.07, 6.45) is 1.71. The van der Waals surface area contributed by atoms with Gasteiger partial charge in [-0.3, -0.25) is 4.90 Å². The highest BCUT2D eigenvalue weighted by Crippen LogP contribution is 2.29. The molecule has 1 aromatic carbocycles. The summed E-state index contributed by atoms with van der Waals surface area (Å²) < 4.78 is 5.40. The zero-order valence-corrected chi connectivity index (χ0v) is 14.9. The maximum Gasteiger partial charge on any atom is 0.411 e. The number of piperidine rings is 1. The fraction of sp³-hybridized carbons (Fsp3) is 0.579. The number of aryl methyl sites for hydroxylation is 1. The molecule has 1 aliphatic heterocycles. The number of rotatable bonds is 3. The normalized spacial score (nSPS) is 21.4. The van der Waals surface area contributed by atoms with Gasteiger partial charge in [0.2, 0.25) is 0 Å². The van der Waals surface area contributed by atoms with Gasteiger partial charge in [-0.15, -0.1) is 0 Å². The number of benzene rings is 1. The van der Waals surface area contributed by atoms with Gasteiger partial charge in [0.05, 0.1) is 0 Å². The highest BCUT2D eigenvalue weighted by molar-refractivity contribution is 5.80. The molecular formula is C19H27NO4. The van der Waals surface area contributed by atoms with Crippen LogP contribution < -0.4 is 0 Å². The van der Waals surface area contributed by atoms with E-state index in [4.69, 9.17) is 4.74 Å². The zero-order chi connectivity index (χ0) is 17.9. The molecule has 0 bridgehead atoms. The molecule has 132 valence electrons. The second-order valence-corrected chi connectivity index (χ2v) is 7.49. The van der Waals surface area contributed by atoms with Crippen LogP contribution in [0.3, 0.4) is 0 Å². The Bertz CT molecular complexity index is 606. The Kier molecular flexibility index (Phi) is 5.52. The lowest BCUT2D eigenvalue weighted by atomic mass is 9.83. The van der Waals surface area contributed by atoms with E-state index in [-0.39, 0.29) is 5.92 Å². The van der Waals surface area contributed by atoms with Crippen LogP contribution in [0.5, 0.6) is 0 Å². The van der Waals surface area contributed by atoms with Crippen LogP contribution in [0, 0.1) is 12.8 Å². The van der Waals surface area contributed by atoms with Crippen LogP contribution >= 0.6 is 0 Å². The molecule has 2 rings (SSSR count). The van der Waals surface area contributed by atoms with E-state index in [1.165, 1.54) is 4.90 Å². The summed E-state index contributed by atoms with van der Waals surface area (Å²) in [5.74, 6) is -1.07. The maximum absolute atomic E-state index is 12.4. The Morgan fingerprint density at radius 1 is 1.29 bits per heavy atom. The number of carboxylic acids is 1. The average Bonchev–Trinajstić information content (AvgIpc) is 2.47. The van der Waals surface area contributed by atoms with E-state index in [9.17, 15) is 14.7 Å². The lowest BCUT2D eigenvalue weighted by Gasteiger charge is -2.39. The van der Waals surface area contributed by atoms with Crippen molar-refractivity contribution in [3.8, 4) is 0 Å². The molecule has 2 atom stereocenters. The lowest BCUT2D eigenvalue weighted by Crippen LogP contribution is -2.54. The summed E-state index contributed by atoms with van der Waals surface area (Å²) >= 11 is 0. The maximum atomic E-state index is 12.4. The van der Waals surface area contributed by atoms with Gasteiger partial charge >= 0.3 is 12.1 Å². The largest absolute Gasteiger partial charge is 0.480 e. The van der Waals surface area contributed by atoms with Crippen LogP contribution in [0.4, 0.5) is 4.79 Å². The molecule has 5 heteroatoms. The molecule has 1 amide bonds. The molecule has 0 spiro atoms. The molecule has 1 N–H and O–H groups in total. The molecule has 0 saturated carbocycles. The van der Waals surface area contributed by atoms with Gasteiger partial charge in [-0.1, -0.05) is 24.3 Å². The second kappa shape index (κ2) is 7.24. The first kappa shape index (κ1) is 18.3. The van der Waals surface area contributed by atoms with Crippen molar-refractivity contribution in [2.75, 3.05) is 6.54 Å². The third-order valence-corrected chi connectivity index (χ3v) is 4.38. The molecule has 1 heterocycles. The number of likely N-dealkylation sites (tertiary alicyclic amines) is 1. The predicted molar refractivity (Wildman–Crippen MR) is 92.0 cm³/mol. The Morgan fingerprint density at radius 2 is 1.96 bits per heavy atom.